The van der Waals surface area contributed by atoms with Gasteiger partial charge in [0.25, 0.3) is 10.0 Å². The first-order valence-electron chi connectivity index (χ1n) is 9.79. The van der Waals surface area contributed by atoms with Gasteiger partial charge in [0.15, 0.2) is 0 Å². The minimum atomic E-state index is -3.53. The van der Waals surface area contributed by atoms with E-state index in [1.165, 1.54) is 11.3 Å². The van der Waals surface area contributed by atoms with E-state index < -0.39 is 16.1 Å². The number of carbonyl (C=O) groups is 1. The number of thiazole rings is 1. The Morgan fingerprint density at radius 2 is 1.97 bits per heavy atom. The van der Waals surface area contributed by atoms with Crippen molar-refractivity contribution in [2.45, 2.75) is 43.7 Å². The molecule has 2 aromatic heterocycles. The zero-order valence-electron chi connectivity index (χ0n) is 16.6. The number of amides is 1. The fraction of sp³-hybridized carbons (Fsp3) is 0.579. The Balaban J connectivity index is 1.62. The fourth-order valence-corrected chi connectivity index (χ4v) is 7.37. The van der Waals surface area contributed by atoms with Gasteiger partial charge < -0.3 is 10.4 Å². The van der Waals surface area contributed by atoms with Crippen LogP contribution in [0, 0.1) is 18.8 Å². The standard InChI is InChI=1S/C19H27N3O4S3/c1-3-22(11-15-6-4-14(5-7-15)10-20-19(23)24)29(25,26)18-9-8-17(28-18)16-12-27-13(2)21-16/h8-9,12,14-15,20H,3-7,10-11H2,1-2H3,(H,23,24). The summed E-state index contributed by atoms with van der Waals surface area (Å²) in [5.74, 6) is 0.655. The second-order valence-electron chi connectivity index (χ2n) is 7.40. The molecule has 1 aliphatic rings. The molecule has 0 aliphatic heterocycles. The third-order valence-corrected chi connectivity index (χ3v) is 9.66. The van der Waals surface area contributed by atoms with Gasteiger partial charge in [0, 0.05) is 25.0 Å². The Hall–Kier alpha value is -1.49. The van der Waals surface area contributed by atoms with Crippen LogP contribution >= 0.6 is 22.7 Å². The summed E-state index contributed by atoms with van der Waals surface area (Å²) in [6.07, 6.45) is 2.71. The van der Waals surface area contributed by atoms with Gasteiger partial charge in [-0.25, -0.2) is 18.2 Å². The SMILES string of the molecule is CCN(CC1CCC(CNC(=O)O)CC1)S(=O)(=O)c1ccc(-c2csc(C)n2)s1. The van der Waals surface area contributed by atoms with Crippen LogP contribution in [0.4, 0.5) is 4.79 Å². The van der Waals surface area contributed by atoms with E-state index in [4.69, 9.17) is 5.11 Å². The fourth-order valence-electron chi connectivity index (χ4n) is 3.74. The predicted octanol–water partition coefficient (Wildman–Crippen LogP) is 4.26. The van der Waals surface area contributed by atoms with Crippen molar-refractivity contribution in [1.82, 2.24) is 14.6 Å². The number of nitrogens with one attached hydrogen (secondary N) is 1. The first-order chi connectivity index (χ1) is 13.8. The summed E-state index contributed by atoms with van der Waals surface area (Å²) in [4.78, 5) is 16.0. The van der Waals surface area contributed by atoms with Crippen LogP contribution in [0.2, 0.25) is 0 Å². The summed E-state index contributed by atoms with van der Waals surface area (Å²) in [7, 11) is -3.53. The van der Waals surface area contributed by atoms with Crippen molar-refractivity contribution in [3.8, 4) is 10.6 Å². The average molecular weight is 458 g/mol. The van der Waals surface area contributed by atoms with Gasteiger partial charge in [0.1, 0.15) is 4.21 Å². The molecule has 0 saturated heterocycles. The number of thiophene rings is 1. The predicted molar refractivity (Wildman–Crippen MR) is 116 cm³/mol. The van der Waals surface area contributed by atoms with Crippen LogP contribution in [-0.4, -0.2) is 48.5 Å². The number of aryl methyl sites for hydroxylation is 1. The van der Waals surface area contributed by atoms with Crippen LogP contribution in [-0.2, 0) is 10.0 Å². The summed E-state index contributed by atoms with van der Waals surface area (Å²) >= 11 is 2.83. The first-order valence-corrected chi connectivity index (χ1v) is 12.9. The molecule has 1 aliphatic carbocycles. The highest BCUT2D eigenvalue weighted by Gasteiger charge is 2.30. The van der Waals surface area contributed by atoms with Gasteiger partial charge in [0.2, 0.25) is 0 Å². The quantitative estimate of drug-likeness (QED) is 0.617. The zero-order valence-corrected chi connectivity index (χ0v) is 19.1. The highest BCUT2D eigenvalue weighted by molar-refractivity contribution is 7.91. The number of nitrogens with zero attached hydrogens (tertiary/aromatic N) is 2. The Morgan fingerprint density at radius 1 is 1.28 bits per heavy atom. The van der Waals surface area contributed by atoms with E-state index in [1.807, 2.05) is 25.3 Å². The van der Waals surface area contributed by atoms with Crippen LogP contribution in [0.15, 0.2) is 21.7 Å². The van der Waals surface area contributed by atoms with Crippen molar-refractivity contribution in [1.29, 1.82) is 0 Å². The number of rotatable bonds is 8. The van der Waals surface area contributed by atoms with Gasteiger partial charge in [-0.1, -0.05) is 6.92 Å². The lowest BCUT2D eigenvalue weighted by atomic mass is 9.82. The van der Waals surface area contributed by atoms with Gasteiger partial charge in [-0.3, -0.25) is 0 Å². The Morgan fingerprint density at radius 3 is 2.55 bits per heavy atom. The summed E-state index contributed by atoms with van der Waals surface area (Å²) in [5, 5.41) is 14.1. The van der Waals surface area contributed by atoms with E-state index in [0.29, 0.717) is 35.7 Å². The largest absolute Gasteiger partial charge is 0.465 e. The molecule has 0 unspecified atom stereocenters. The van der Waals surface area contributed by atoms with E-state index in [2.05, 4.69) is 10.3 Å². The molecule has 1 saturated carbocycles. The maximum Gasteiger partial charge on any atom is 0.404 e. The zero-order chi connectivity index (χ0) is 21.0. The number of carboxylic acid groups (broad SMARTS) is 1. The molecule has 0 aromatic carbocycles. The highest BCUT2D eigenvalue weighted by Crippen LogP contribution is 2.34. The molecule has 2 N–H and O–H groups in total. The molecule has 2 aromatic rings. The summed E-state index contributed by atoms with van der Waals surface area (Å²) in [6, 6.07) is 3.52. The smallest absolute Gasteiger partial charge is 0.404 e. The molecule has 2 heterocycles. The van der Waals surface area contributed by atoms with Gasteiger partial charge in [-0.2, -0.15) is 4.31 Å². The Bertz CT molecular complexity index is 930. The van der Waals surface area contributed by atoms with Gasteiger partial charge >= 0.3 is 6.09 Å². The average Bonchev–Trinajstić information content (AvgIpc) is 3.34. The normalized spacial score (nSPS) is 20.1. The van der Waals surface area contributed by atoms with E-state index in [9.17, 15) is 13.2 Å². The lowest BCUT2D eigenvalue weighted by Gasteiger charge is -2.31. The Labute approximate surface area is 179 Å². The van der Waals surface area contributed by atoms with Crippen LogP contribution < -0.4 is 5.32 Å². The summed E-state index contributed by atoms with van der Waals surface area (Å²) in [5.41, 5.74) is 0.829. The van der Waals surface area contributed by atoms with E-state index >= 15 is 0 Å². The van der Waals surface area contributed by atoms with Crippen molar-refractivity contribution in [2.75, 3.05) is 19.6 Å². The molecule has 3 rings (SSSR count). The summed E-state index contributed by atoms with van der Waals surface area (Å²) in [6.45, 7) is 5.24. The molecule has 0 radical (unpaired) electrons. The number of hydrogen-bond donors (Lipinski definition) is 2. The molecular formula is C19H27N3O4S3. The third-order valence-electron chi connectivity index (χ3n) is 5.37. The van der Waals surface area contributed by atoms with Crippen LogP contribution in [0.3, 0.4) is 0 Å². The third kappa shape index (κ3) is 5.56. The maximum atomic E-state index is 13.2. The van der Waals surface area contributed by atoms with Gasteiger partial charge in [0.05, 0.1) is 15.6 Å². The molecule has 29 heavy (non-hydrogen) atoms. The van der Waals surface area contributed by atoms with Crippen LogP contribution in [0.5, 0.6) is 0 Å². The minimum absolute atomic E-state index is 0.312. The Kier molecular flexibility index (Phi) is 7.31. The molecule has 1 amide bonds. The van der Waals surface area contributed by atoms with E-state index in [1.54, 1.807) is 21.7 Å². The number of hydrogen-bond acceptors (Lipinski definition) is 6. The molecule has 1 fully saturated rings. The lowest BCUT2D eigenvalue weighted by Crippen LogP contribution is -2.37. The van der Waals surface area contributed by atoms with Crippen molar-refractivity contribution in [2.24, 2.45) is 11.8 Å². The van der Waals surface area contributed by atoms with E-state index in [-0.39, 0.29) is 0 Å². The molecule has 0 spiro atoms. The topological polar surface area (TPSA) is 99.6 Å². The first kappa shape index (κ1) is 22.2. The minimum Gasteiger partial charge on any atom is -0.465 e. The lowest BCUT2D eigenvalue weighted by molar-refractivity contribution is 0.186. The van der Waals surface area contributed by atoms with Crippen molar-refractivity contribution in [3.05, 3.63) is 22.5 Å². The second-order valence-corrected chi connectivity index (χ2v) is 11.7. The molecule has 10 heteroatoms. The van der Waals surface area contributed by atoms with Crippen LogP contribution in [0.1, 0.15) is 37.6 Å². The molecular weight excluding hydrogens is 430 g/mol. The van der Waals surface area contributed by atoms with E-state index in [0.717, 1.165) is 41.3 Å². The van der Waals surface area contributed by atoms with Gasteiger partial charge in [-0.05, 0) is 56.6 Å². The maximum absolute atomic E-state index is 13.2. The second kappa shape index (κ2) is 9.55. The summed E-state index contributed by atoms with van der Waals surface area (Å²) < 4.78 is 28.3. The monoisotopic (exact) mass is 457 g/mol. The number of aromatic nitrogens is 1. The van der Waals surface area contributed by atoms with Crippen molar-refractivity contribution in [3.63, 3.8) is 0 Å². The van der Waals surface area contributed by atoms with Crippen molar-refractivity contribution >= 4 is 38.8 Å². The van der Waals surface area contributed by atoms with Crippen LogP contribution in [0.25, 0.3) is 10.6 Å². The van der Waals surface area contributed by atoms with Gasteiger partial charge in [-0.15, -0.1) is 22.7 Å². The molecule has 160 valence electrons. The highest BCUT2D eigenvalue weighted by atomic mass is 32.2. The molecule has 0 atom stereocenters. The number of sulfonamides is 1. The van der Waals surface area contributed by atoms with Crippen molar-refractivity contribution < 1.29 is 18.3 Å². The molecule has 7 nitrogen and oxygen atoms in total. The molecule has 0 bridgehead atoms.